The molecule has 0 saturated heterocycles. The number of rotatable bonds is 4. The van der Waals surface area contributed by atoms with Crippen molar-refractivity contribution in [3.63, 3.8) is 0 Å². The Morgan fingerprint density at radius 3 is 2.81 bits per heavy atom. The summed E-state index contributed by atoms with van der Waals surface area (Å²) in [6.07, 6.45) is 2.72. The van der Waals surface area contributed by atoms with Gasteiger partial charge in [-0.25, -0.2) is 0 Å². The van der Waals surface area contributed by atoms with E-state index in [0.29, 0.717) is 0 Å². The highest BCUT2D eigenvalue weighted by Crippen LogP contribution is 2.29. The van der Waals surface area contributed by atoms with Crippen molar-refractivity contribution in [2.75, 3.05) is 11.9 Å². The summed E-state index contributed by atoms with van der Waals surface area (Å²) < 4.78 is 4.35. The largest absolute Gasteiger partial charge is 0.360 e. The third kappa shape index (κ3) is 2.22. The summed E-state index contributed by atoms with van der Waals surface area (Å²) in [6, 6.07) is 10.1. The van der Waals surface area contributed by atoms with Crippen LogP contribution in [0.3, 0.4) is 0 Å². The Balaban J connectivity index is 1.71. The maximum Gasteiger partial charge on any atom is 0.202 e. The Hall–Kier alpha value is -1.42. The van der Waals surface area contributed by atoms with Crippen molar-refractivity contribution in [1.29, 1.82) is 0 Å². The van der Waals surface area contributed by atoms with Crippen LogP contribution in [0.15, 0.2) is 30.3 Å². The summed E-state index contributed by atoms with van der Waals surface area (Å²) in [6.45, 7) is 1.05. The highest BCUT2D eigenvalue weighted by atomic mass is 32.1. The summed E-state index contributed by atoms with van der Waals surface area (Å²) in [5.41, 5.74) is 1.08. The van der Waals surface area contributed by atoms with Gasteiger partial charge in [0.25, 0.3) is 0 Å². The lowest BCUT2D eigenvalue weighted by molar-refractivity contribution is 0.887. The van der Waals surface area contributed by atoms with Gasteiger partial charge in [0.1, 0.15) is 0 Å². The molecule has 0 spiro atoms. The van der Waals surface area contributed by atoms with Gasteiger partial charge in [0.05, 0.1) is 0 Å². The molecule has 0 atom stereocenters. The second-order valence-corrected chi connectivity index (χ2v) is 4.87. The minimum Gasteiger partial charge on any atom is -0.360 e. The van der Waals surface area contributed by atoms with Gasteiger partial charge in [0.2, 0.25) is 5.13 Å². The molecule has 16 heavy (non-hydrogen) atoms. The fraction of sp³-hybridized carbons (Fsp3) is 0.333. The molecule has 1 aliphatic rings. The van der Waals surface area contributed by atoms with Crippen LogP contribution in [0.4, 0.5) is 5.13 Å². The van der Waals surface area contributed by atoms with E-state index in [1.54, 1.807) is 0 Å². The van der Waals surface area contributed by atoms with Crippen molar-refractivity contribution in [3.8, 4) is 11.4 Å². The number of benzene rings is 1. The number of nitrogens with one attached hydrogen (secondary N) is 1. The third-order valence-electron chi connectivity index (χ3n) is 2.70. The van der Waals surface area contributed by atoms with Crippen molar-refractivity contribution in [1.82, 2.24) is 9.36 Å². The van der Waals surface area contributed by atoms with Gasteiger partial charge in [-0.2, -0.15) is 9.36 Å². The predicted octanol–water partition coefficient (Wildman–Crippen LogP) is 3.03. The molecule has 2 aromatic rings. The van der Waals surface area contributed by atoms with Gasteiger partial charge in [0.15, 0.2) is 5.82 Å². The van der Waals surface area contributed by atoms with E-state index in [0.717, 1.165) is 29.0 Å². The predicted molar refractivity (Wildman–Crippen MR) is 66.6 cm³/mol. The maximum absolute atomic E-state index is 4.48. The summed E-state index contributed by atoms with van der Waals surface area (Å²) in [7, 11) is 0. The molecule has 0 radical (unpaired) electrons. The van der Waals surface area contributed by atoms with Gasteiger partial charge < -0.3 is 5.32 Å². The van der Waals surface area contributed by atoms with Gasteiger partial charge in [-0.15, -0.1) is 0 Å². The highest BCUT2D eigenvalue weighted by molar-refractivity contribution is 7.09. The van der Waals surface area contributed by atoms with E-state index in [-0.39, 0.29) is 0 Å². The molecule has 3 rings (SSSR count). The Morgan fingerprint density at radius 1 is 1.25 bits per heavy atom. The molecule has 1 aliphatic carbocycles. The molecular formula is C12H13N3S. The van der Waals surface area contributed by atoms with Crippen molar-refractivity contribution in [2.24, 2.45) is 5.92 Å². The van der Waals surface area contributed by atoms with Crippen LogP contribution in [0.5, 0.6) is 0 Å². The van der Waals surface area contributed by atoms with Crippen LogP contribution >= 0.6 is 11.5 Å². The van der Waals surface area contributed by atoms with Gasteiger partial charge >= 0.3 is 0 Å². The Labute approximate surface area is 98.7 Å². The average molecular weight is 231 g/mol. The SMILES string of the molecule is c1ccc(-c2nsc(NCC3CC3)n2)cc1. The molecule has 1 N–H and O–H groups in total. The van der Waals surface area contributed by atoms with Crippen LogP contribution in [-0.4, -0.2) is 15.9 Å². The molecule has 82 valence electrons. The van der Waals surface area contributed by atoms with Crippen LogP contribution < -0.4 is 5.32 Å². The second-order valence-electron chi connectivity index (χ2n) is 4.11. The van der Waals surface area contributed by atoms with Gasteiger partial charge in [-0.3, -0.25) is 0 Å². The monoisotopic (exact) mass is 231 g/mol. The quantitative estimate of drug-likeness (QED) is 0.879. The zero-order chi connectivity index (χ0) is 10.8. The molecule has 0 aliphatic heterocycles. The van der Waals surface area contributed by atoms with Crippen LogP contribution in [-0.2, 0) is 0 Å². The topological polar surface area (TPSA) is 37.8 Å². The summed E-state index contributed by atoms with van der Waals surface area (Å²) in [5, 5.41) is 4.28. The fourth-order valence-corrected chi connectivity index (χ4v) is 2.15. The molecule has 4 heteroatoms. The van der Waals surface area contributed by atoms with E-state index in [4.69, 9.17) is 0 Å². The number of nitrogens with zero attached hydrogens (tertiary/aromatic N) is 2. The Bertz CT molecular complexity index is 462. The van der Waals surface area contributed by atoms with Crippen molar-refractivity contribution in [3.05, 3.63) is 30.3 Å². The number of hydrogen-bond donors (Lipinski definition) is 1. The number of hydrogen-bond acceptors (Lipinski definition) is 4. The summed E-state index contributed by atoms with van der Waals surface area (Å²) >= 11 is 1.44. The minimum atomic E-state index is 0.823. The average Bonchev–Trinajstić information content (AvgIpc) is 3.05. The first-order valence-electron chi connectivity index (χ1n) is 5.55. The molecule has 1 aromatic heterocycles. The van der Waals surface area contributed by atoms with E-state index in [2.05, 4.69) is 14.7 Å². The zero-order valence-corrected chi connectivity index (χ0v) is 9.70. The third-order valence-corrected chi connectivity index (χ3v) is 3.37. The zero-order valence-electron chi connectivity index (χ0n) is 8.89. The first-order valence-corrected chi connectivity index (χ1v) is 6.32. The molecule has 0 unspecified atom stereocenters. The summed E-state index contributed by atoms with van der Waals surface area (Å²) in [5.74, 6) is 1.69. The fourth-order valence-electron chi connectivity index (χ4n) is 1.55. The first-order chi connectivity index (χ1) is 7.92. The van der Waals surface area contributed by atoms with Crippen LogP contribution in [0.1, 0.15) is 12.8 Å². The highest BCUT2D eigenvalue weighted by Gasteiger charge is 2.21. The Morgan fingerprint density at radius 2 is 2.06 bits per heavy atom. The van der Waals surface area contributed by atoms with Gasteiger partial charge in [0, 0.05) is 23.6 Å². The first kappa shape index (κ1) is 9.78. The number of anilines is 1. The van der Waals surface area contributed by atoms with Crippen LogP contribution in [0.25, 0.3) is 11.4 Å². The smallest absolute Gasteiger partial charge is 0.202 e. The lowest BCUT2D eigenvalue weighted by Crippen LogP contribution is -2.02. The van der Waals surface area contributed by atoms with Gasteiger partial charge in [-0.05, 0) is 18.8 Å². The normalized spacial score (nSPS) is 15.0. The number of aromatic nitrogens is 2. The molecule has 0 amide bonds. The molecule has 1 aromatic carbocycles. The molecule has 1 saturated carbocycles. The van der Waals surface area contributed by atoms with Crippen LogP contribution in [0, 0.1) is 5.92 Å². The molecule has 1 heterocycles. The van der Waals surface area contributed by atoms with E-state index >= 15 is 0 Å². The van der Waals surface area contributed by atoms with E-state index < -0.39 is 0 Å². The Kier molecular flexibility index (Phi) is 2.58. The van der Waals surface area contributed by atoms with Crippen molar-refractivity contribution < 1.29 is 0 Å². The van der Waals surface area contributed by atoms with E-state index in [9.17, 15) is 0 Å². The standard InChI is InChI=1S/C12H13N3S/c1-2-4-10(5-3-1)11-14-12(16-15-11)13-8-9-6-7-9/h1-5,9H,6-8H2,(H,13,14,15). The van der Waals surface area contributed by atoms with Crippen LogP contribution in [0.2, 0.25) is 0 Å². The molecule has 1 fully saturated rings. The van der Waals surface area contributed by atoms with Crippen molar-refractivity contribution >= 4 is 16.7 Å². The lowest BCUT2D eigenvalue weighted by atomic mass is 10.2. The molecular weight excluding hydrogens is 218 g/mol. The second kappa shape index (κ2) is 4.22. The minimum absolute atomic E-state index is 0.823. The van der Waals surface area contributed by atoms with E-state index in [1.165, 1.54) is 24.4 Å². The van der Waals surface area contributed by atoms with Gasteiger partial charge in [-0.1, -0.05) is 30.3 Å². The molecule has 0 bridgehead atoms. The molecule has 3 nitrogen and oxygen atoms in total. The summed E-state index contributed by atoms with van der Waals surface area (Å²) in [4.78, 5) is 4.48. The lowest BCUT2D eigenvalue weighted by Gasteiger charge is -1.97. The van der Waals surface area contributed by atoms with E-state index in [1.807, 2.05) is 30.3 Å². The maximum atomic E-state index is 4.48. The van der Waals surface area contributed by atoms with Crippen molar-refractivity contribution in [2.45, 2.75) is 12.8 Å².